The second-order valence-electron chi connectivity index (χ2n) is 10.4. The lowest BCUT2D eigenvalue weighted by Crippen LogP contribution is -2.49. The molecule has 6 nitrogen and oxygen atoms in total. The predicted molar refractivity (Wildman–Crippen MR) is 149 cm³/mol. The van der Waals surface area contributed by atoms with E-state index < -0.39 is 20.0 Å². The number of nitrogens with zero attached hydrogens (tertiary/aromatic N) is 2. The van der Waals surface area contributed by atoms with Gasteiger partial charge in [-0.3, -0.25) is 0 Å². The van der Waals surface area contributed by atoms with Crippen LogP contribution < -0.4 is 0 Å². The summed E-state index contributed by atoms with van der Waals surface area (Å²) in [5, 5.41) is 0. The van der Waals surface area contributed by atoms with Crippen LogP contribution in [0, 0.1) is 37.5 Å². The molecule has 4 atom stereocenters. The van der Waals surface area contributed by atoms with Gasteiger partial charge in [-0.05, 0) is 62.8 Å². The zero-order valence-corrected chi connectivity index (χ0v) is 22.8. The molecule has 4 aliphatic rings. The Morgan fingerprint density at radius 1 is 0.579 bits per heavy atom. The number of rotatable bonds is 4. The van der Waals surface area contributed by atoms with Crippen LogP contribution in [0.2, 0.25) is 0 Å². The van der Waals surface area contributed by atoms with Crippen LogP contribution in [-0.4, -0.2) is 28.3 Å². The quantitative estimate of drug-likeness (QED) is 0.405. The molecule has 38 heavy (non-hydrogen) atoms. The van der Waals surface area contributed by atoms with Gasteiger partial charge in [-0.1, -0.05) is 71.8 Å². The fourth-order valence-electron chi connectivity index (χ4n) is 6.03. The largest absolute Gasteiger partial charge is 0.282 e. The van der Waals surface area contributed by atoms with Crippen LogP contribution in [0.3, 0.4) is 0 Å². The first-order valence-corrected chi connectivity index (χ1v) is 15.6. The van der Waals surface area contributed by atoms with Crippen molar-refractivity contribution in [3.8, 4) is 0 Å². The number of fused-ring (bicyclic) bond motifs is 2. The molecular weight excluding hydrogens is 516 g/mol. The van der Waals surface area contributed by atoms with E-state index >= 15 is 0 Å². The molecule has 0 aliphatic heterocycles. The summed E-state index contributed by atoms with van der Waals surface area (Å²) in [5.41, 5.74) is 4.18. The van der Waals surface area contributed by atoms with Crippen molar-refractivity contribution < 1.29 is 16.8 Å². The molecule has 0 radical (unpaired) electrons. The molecule has 0 aromatic heterocycles. The number of sulfonamides is 2. The molecule has 2 bridgehead atoms. The van der Waals surface area contributed by atoms with Crippen LogP contribution in [0.1, 0.15) is 35.1 Å². The zero-order valence-electron chi connectivity index (χ0n) is 21.2. The van der Waals surface area contributed by atoms with Gasteiger partial charge in [0.05, 0.1) is 21.2 Å². The summed E-state index contributed by atoms with van der Waals surface area (Å²) in [4.78, 5) is 0.283. The lowest BCUT2D eigenvalue weighted by molar-refractivity contribution is 0.226. The van der Waals surface area contributed by atoms with Gasteiger partial charge in [0.2, 0.25) is 0 Å². The van der Waals surface area contributed by atoms with Crippen molar-refractivity contribution in [2.45, 2.75) is 36.5 Å². The lowest BCUT2D eigenvalue weighted by Gasteiger charge is -2.48. The third-order valence-corrected chi connectivity index (χ3v) is 10.5. The fourth-order valence-corrected chi connectivity index (χ4v) is 8.16. The van der Waals surface area contributed by atoms with Crippen molar-refractivity contribution in [3.05, 3.63) is 107 Å². The maximum Gasteiger partial charge on any atom is 0.282 e. The summed E-state index contributed by atoms with van der Waals surface area (Å²) in [7, 11) is -7.96. The van der Waals surface area contributed by atoms with E-state index in [1.165, 1.54) is 0 Å². The number of hydrogen-bond acceptors (Lipinski definition) is 4. The summed E-state index contributed by atoms with van der Waals surface area (Å²) in [6, 6.07) is 20.7. The van der Waals surface area contributed by atoms with E-state index in [0.29, 0.717) is 22.6 Å². The van der Waals surface area contributed by atoms with Gasteiger partial charge in [-0.25, -0.2) is 0 Å². The molecule has 8 heteroatoms. The Morgan fingerprint density at radius 2 is 0.947 bits per heavy atom. The molecule has 7 rings (SSSR count). The maximum absolute atomic E-state index is 13.5. The Balaban J connectivity index is 1.57. The molecule has 0 heterocycles. The highest BCUT2D eigenvalue weighted by molar-refractivity contribution is 7.90. The van der Waals surface area contributed by atoms with Gasteiger partial charge >= 0.3 is 0 Å². The molecular formula is C30H28N2O4S2. The van der Waals surface area contributed by atoms with Gasteiger partial charge in [0.25, 0.3) is 20.0 Å². The highest BCUT2D eigenvalue weighted by Crippen LogP contribution is 2.51. The molecule has 1 saturated carbocycles. The van der Waals surface area contributed by atoms with Crippen LogP contribution in [0.25, 0.3) is 0 Å². The van der Waals surface area contributed by atoms with Crippen molar-refractivity contribution in [2.75, 3.05) is 0 Å². The topological polar surface area (TPSA) is 93.0 Å². The lowest BCUT2D eigenvalue weighted by atomic mass is 9.55. The van der Waals surface area contributed by atoms with Gasteiger partial charge < -0.3 is 0 Å². The Bertz CT molecular complexity index is 1590. The number of aryl methyl sites for hydroxylation is 2. The van der Waals surface area contributed by atoms with E-state index in [9.17, 15) is 16.8 Å². The Kier molecular flexibility index (Phi) is 6.00. The Labute approximate surface area is 224 Å². The Morgan fingerprint density at radius 3 is 1.29 bits per heavy atom. The molecule has 0 saturated heterocycles. The van der Waals surface area contributed by atoms with Gasteiger partial charge in [0, 0.05) is 23.0 Å². The van der Waals surface area contributed by atoms with E-state index in [1.807, 2.05) is 38.1 Å². The first-order valence-electron chi connectivity index (χ1n) is 12.8. The minimum atomic E-state index is -3.98. The maximum atomic E-state index is 13.5. The molecule has 0 amide bonds. The normalized spacial score (nSPS) is 26.4. The highest BCUT2D eigenvalue weighted by Gasteiger charge is 2.50. The van der Waals surface area contributed by atoms with E-state index in [2.05, 4.69) is 20.9 Å². The summed E-state index contributed by atoms with van der Waals surface area (Å²) in [6.45, 7) is 3.81. The van der Waals surface area contributed by atoms with Crippen LogP contribution >= 0.6 is 0 Å². The molecule has 0 N–H and O–H groups in total. The predicted octanol–water partition coefficient (Wildman–Crippen LogP) is 5.50. The smallest absolute Gasteiger partial charge is 0.199 e. The second-order valence-corrected chi connectivity index (χ2v) is 13.6. The summed E-state index contributed by atoms with van der Waals surface area (Å²) >= 11 is 0. The molecule has 1 fully saturated rings. The number of benzene rings is 3. The van der Waals surface area contributed by atoms with Gasteiger partial charge in [0.1, 0.15) is 0 Å². The zero-order chi connectivity index (χ0) is 26.7. The van der Waals surface area contributed by atoms with Crippen molar-refractivity contribution in [1.29, 1.82) is 0 Å². The van der Waals surface area contributed by atoms with E-state index in [0.717, 1.165) is 24.0 Å². The van der Waals surface area contributed by atoms with Gasteiger partial charge in [0.15, 0.2) is 0 Å². The van der Waals surface area contributed by atoms with Crippen LogP contribution in [-0.2, 0) is 20.0 Å². The van der Waals surface area contributed by atoms with Gasteiger partial charge in [-0.15, -0.1) is 0 Å². The number of allylic oxidation sites excluding steroid dienone is 2. The first kappa shape index (κ1) is 24.9. The number of hydrogen-bond donors (Lipinski definition) is 0. The van der Waals surface area contributed by atoms with E-state index in [1.54, 1.807) is 48.5 Å². The summed E-state index contributed by atoms with van der Waals surface area (Å²) in [5.74, 6) is -0.447. The monoisotopic (exact) mass is 544 g/mol. The third-order valence-electron chi connectivity index (χ3n) is 7.93. The molecule has 194 valence electrons. The van der Waals surface area contributed by atoms with Gasteiger partial charge in [-0.2, -0.15) is 25.6 Å². The highest BCUT2D eigenvalue weighted by atomic mass is 32.2. The van der Waals surface area contributed by atoms with E-state index in [-0.39, 0.29) is 33.5 Å². The molecule has 3 aromatic rings. The fraction of sp³-hybridized carbons (Fsp3) is 0.267. The Hall–Kier alpha value is -3.36. The average Bonchev–Trinajstić information content (AvgIpc) is 2.91. The first-order chi connectivity index (χ1) is 18.1. The van der Waals surface area contributed by atoms with Crippen LogP contribution in [0.15, 0.2) is 104 Å². The third kappa shape index (κ3) is 4.25. The molecule has 4 unspecified atom stereocenters. The molecule has 4 aliphatic carbocycles. The van der Waals surface area contributed by atoms with Crippen molar-refractivity contribution >= 4 is 31.5 Å². The minimum absolute atomic E-state index is 0.0533. The standard InChI is InChI=1S/C30H28N2O4S2/c1-19-7-15-23(16-8-19)37(33,34)31-29-25-5-3-4-6-26(25)30(28-22-13-11-21(12-14-22)27(28)29)32-38(35,36)24-17-9-20(2)10-18-24/h3-11,13,15-18,21-22,27-28H,12,14H2,1-2H3/b31-29-,32-30-. The summed E-state index contributed by atoms with van der Waals surface area (Å²) < 4.78 is 62.9. The van der Waals surface area contributed by atoms with Crippen molar-refractivity contribution in [3.63, 3.8) is 0 Å². The molecule has 0 spiro atoms. The SMILES string of the molecule is Cc1ccc(S(=O)(=O)/N=C2/c3ccccc3/C(=N/S(=O)(=O)c3ccc(C)cc3)C3C4C=CC(CC4)C23)cc1. The minimum Gasteiger partial charge on any atom is -0.199 e. The van der Waals surface area contributed by atoms with E-state index in [4.69, 9.17) is 0 Å². The van der Waals surface area contributed by atoms with Crippen molar-refractivity contribution in [2.24, 2.45) is 32.5 Å². The van der Waals surface area contributed by atoms with Crippen LogP contribution in [0.5, 0.6) is 0 Å². The van der Waals surface area contributed by atoms with Crippen LogP contribution in [0.4, 0.5) is 0 Å². The molecule has 3 aromatic carbocycles. The second kappa shape index (κ2) is 9.13. The summed E-state index contributed by atoms with van der Waals surface area (Å²) in [6.07, 6.45) is 6.07. The van der Waals surface area contributed by atoms with Crippen molar-refractivity contribution in [1.82, 2.24) is 0 Å². The average molecular weight is 545 g/mol.